The minimum absolute atomic E-state index is 0.00945. The molecule has 4 rings (SSSR count). The lowest BCUT2D eigenvalue weighted by atomic mass is 9.76. The number of amides is 1. The number of rotatable bonds is 3. The lowest BCUT2D eigenvalue weighted by Crippen LogP contribution is -2.45. The Bertz CT molecular complexity index is 931. The Morgan fingerprint density at radius 1 is 1.40 bits per heavy atom. The van der Waals surface area contributed by atoms with Crippen LogP contribution in [-0.4, -0.2) is 83.1 Å². The van der Waals surface area contributed by atoms with Crippen LogP contribution in [0.5, 0.6) is 0 Å². The number of likely N-dealkylation sites (N-methyl/N-ethyl adjacent to an activating group) is 1. The van der Waals surface area contributed by atoms with Gasteiger partial charge in [0.15, 0.2) is 0 Å². The molecule has 0 bridgehead atoms. The molecule has 9 nitrogen and oxygen atoms in total. The van der Waals surface area contributed by atoms with Crippen molar-refractivity contribution in [2.45, 2.75) is 32.3 Å². The Morgan fingerprint density at radius 3 is 2.70 bits per heavy atom. The van der Waals surface area contributed by atoms with Crippen molar-refractivity contribution < 1.29 is 24.2 Å². The first-order valence-electron chi connectivity index (χ1n) is 9.97. The Balaban J connectivity index is 0.000000806. The number of likely N-dealkylation sites (tertiary alicyclic amines) is 1. The van der Waals surface area contributed by atoms with Gasteiger partial charge < -0.3 is 24.6 Å². The molecule has 30 heavy (non-hydrogen) atoms. The highest BCUT2D eigenvalue weighted by Gasteiger charge is 2.50. The third kappa shape index (κ3) is 4.46. The van der Waals surface area contributed by atoms with Crippen molar-refractivity contribution in [2.75, 3.05) is 33.7 Å². The number of carbonyl (C=O) groups excluding carboxylic acids is 2. The molecule has 9 heteroatoms. The number of carbonyl (C=O) groups is 3. The zero-order valence-corrected chi connectivity index (χ0v) is 17.6. The van der Waals surface area contributed by atoms with Gasteiger partial charge in [-0.15, -0.1) is 0 Å². The van der Waals surface area contributed by atoms with Gasteiger partial charge in [0.2, 0.25) is 0 Å². The molecule has 1 amide bonds. The summed E-state index contributed by atoms with van der Waals surface area (Å²) in [5.74, 6) is 0.757. The first-order chi connectivity index (χ1) is 14.3. The van der Waals surface area contributed by atoms with Crippen molar-refractivity contribution in [3.8, 4) is 0 Å². The third-order valence-corrected chi connectivity index (χ3v) is 5.75. The van der Waals surface area contributed by atoms with Gasteiger partial charge in [0.05, 0.1) is 16.4 Å². The van der Waals surface area contributed by atoms with E-state index in [4.69, 9.17) is 14.6 Å². The van der Waals surface area contributed by atoms with Crippen molar-refractivity contribution in [2.24, 2.45) is 5.41 Å². The summed E-state index contributed by atoms with van der Waals surface area (Å²) in [7, 11) is 3.97. The zero-order chi connectivity index (χ0) is 21.9. The van der Waals surface area contributed by atoms with Crippen molar-refractivity contribution in [3.63, 3.8) is 0 Å². The summed E-state index contributed by atoms with van der Waals surface area (Å²) in [6.45, 7) is 3.57. The van der Waals surface area contributed by atoms with E-state index >= 15 is 0 Å². The summed E-state index contributed by atoms with van der Waals surface area (Å²) in [6, 6.07) is 5.56. The molecule has 0 radical (unpaired) electrons. The van der Waals surface area contributed by atoms with E-state index in [2.05, 4.69) is 9.97 Å². The van der Waals surface area contributed by atoms with Crippen LogP contribution in [0.1, 0.15) is 35.4 Å². The van der Waals surface area contributed by atoms with Crippen LogP contribution in [0.3, 0.4) is 0 Å². The van der Waals surface area contributed by atoms with Crippen LogP contribution >= 0.6 is 0 Å². The third-order valence-electron chi connectivity index (χ3n) is 5.75. The van der Waals surface area contributed by atoms with E-state index in [1.165, 1.54) is 0 Å². The highest BCUT2D eigenvalue weighted by molar-refractivity contribution is 5.97. The molecule has 2 aliphatic heterocycles. The minimum Gasteiger partial charge on any atom is -0.483 e. The molecule has 1 aromatic carbocycles. The van der Waals surface area contributed by atoms with Gasteiger partial charge >= 0.3 is 5.97 Å². The minimum atomic E-state index is -0.415. The second-order valence-corrected chi connectivity index (χ2v) is 8.23. The van der Waals surface area contributed by atoms with Crippen LogP contribution in [0, 0.1) is 12.3 Å². The highest BCUT2D eigenvalue weighted by atomic mass is 16.6. The van der Waals surface area contributed by atoms with E-state index in [0.717, 1.165) is 29.8 Å². The van der Waals surface area contributed by atoms with Gasteiger partial charge in [-0.1, -0.05) is 0 Å². The second kappa shape index (κ2) is 8.83. The number of carboxylic acid groups (broad SMARTS) is 1. The van der Waals surface area contributed by atoms with E-state index in [1.807, 2.05) is 49.0 Å². The normalized spacial score (nSPS) is 20.2. The van der Waals surface area contributed by atoms with Crippen molar-refractivity contribution in [1.29, 1.82) is 0 Å². The number of imidazole rings is 1. The number of aromatic nitrogens is 2. The Labute approximate surface area is 175 Å². The number of aromatic amines is 1. The fourth-order valence-corrected chi connectivity index (χ4v) is 4.35. The molecular weight excluding hydrogens is 388 g/mol. The largest absolute Gasteiger partial charge is 0.483 e. The van der Waals surface area contributed by atoms with E-state index < -0.39 is 5.41 Å². The lowest BCUT2D eigenvalue weighted by Gasteiger charge is -2.36. The summed E-state index contributed by atoms with van der Waals surface area (Å²) in [5, 5.41) is 6.89. The molecule has 2 aromatic rings. The molecule has 0 saturated carbocycles. The fourth-order valence-electron chi connectivity index (χ4n) is 4.35. The van der Waals surface area contributed by atoms with Gasteiger partial charge in [-0.3, -0.25) is 14.4 Å². The second-order valence-electron chi connectivity index (χ2n) is 8.23. The van der Waals surface area contributed by atoms with Gasteiger partial charge in [-0.2, -0.15) is 0 Å². The summed E-state index contributed by atoms with van der Waals surface area (Å²) >= 11 is 0. The number of aryl methyl sites for hydroxylation is 1. The van der Waals surface area contributed by atoms with Crippen LogP contribution in [0.15, 0.2) is 18.2 Å². The van der Waals surface area contributed by atoms with Crippen LogP contribution in [-0.2, 0) is 14.3 Å². The number of benzene rings is 1. The van der Waals surface area contributed by atoms with E-state index in [9.17, 15) is 9.59 Å². The summed E-state index contributed by atoms with van der Waals surface area (Å²) in [4.78, 5) is 45.2. The summed E-state index contributed by atoms with van der Waals surface area (Å²) < 4.78 is 5.60. The van der Waals surface area contributed by atoms with Crippen LogP contribution in [0.25, 0.3) is 11.0 Å². The first kappa shape index (κ1) is 21.8. The average Bonchev–Trinajstić information content (AvgIpc) is 3.20. The van der Waals surface area contributed by atoms with Crippen LogP contribution in [0.2, 0.25) is 0 Å². The molecule has 1 unspecified atom stereocenters. The van der Waals surface area contributed by atoms with Gasteiger partial charge in [0.1, 0.15) is 11.9 Å². The number of fused-ring (bicyclic) bond motifs is 1. The average molecular weight is 416 g/mol. The predicted octanol–water partition coefficient (Wildman–Crippen LogP) is 1.67. The van der Waals surface area contributed by atoms with Gasteiger partial charge in [0, 0.05) is 31.6 Å². The Morgan fingerprint density at radius 2 is 2.07 bits per heavy atom. The van der Waals surface area contributed by atoms with Gasteiger partial charge in [0.25, 0.3) is 12.4 Å². The molecule has 0 aliphatic carbocycles. The summed E-state index contributed by atoms with van der Waals surface area (Å²) in [6.07, 6.45) is 2.06. The van der Waals surface area contributed by atoms with E-state index in [-0.39, 0.29) is 24.5 Å². The molecule has 2 fully saturated rings. The molecule has 3 heterocycles. The maximum Gasteiger partial charge on any atom is 0.312 e. The number of piperidine rings is 1. The van der Waals surface area contributed by atoms with Crippen molar-refractivity contribution >= 4 is 29.4 Å². The van der Waals surface area contributed by atoms with Crippen molar-refractivity contribution in [3.05, 3.63) is 29.6 Å². The van der Waals surface area contributed by atoms with E-state index in [0.29, 0.717) is 31.5 Å². The number of cyclic esters (lactones) is 1. The highest BCUT2D eigenvalue weighted by Crippen LogP contribution is 2.43. The maximum absolute atomic E-state index is 12.9. The number of esters is 1. The molecular formula is C21H28N4O5. The standard InChI is InChI=1S/C20H26N4O3.CH2O2/c1-13-21-16-5-4-14(10-17(16)22-13)18(25)24-8-6-20(7-9-24)11-15(12-23(2)3)27-19(20)26;2-1-3/h4-5,10,15H,6-9,11-12H2,1-3H3,(H,21,22);1H,(H,2,3). The van der Waals surface area contributed by atoms with Crippen molar-refractivity contribution in [1.82, 2.24) is 19.8 Å². The zero-order valence-electron chi connectivity index (χ0n) is 17.6. The number of nitrogens with one attached hydrogen (secondary N) is 1. The molecule has 2 saturated heterocycles. The molecule has 2 aliphatic rings. The van der Waals surface area contributed by atoms with Crippen LogP contribution in [0.4, 0.5) is 0 Å². The monoisotopic (exact) mass is 416 g/mol. The smallest absolute Gasteiger partial charge is 0.312 e. The number of H-pyrrole nitrogens is 1. The fraction of sp³-hybridized carbons (Fsp3) is 0.524. The number of hydrogen-bond donors (Lipinski definition) is 2. The van der Waals surface area contributed by atoms with E-state index in [1.54, 1.807) is 0 Å². The summed E-state index contributed by atoms with van der Waals surface area (Å²) in [5.41, 5.74) is 1.98. The van der Waals surface area contributed by atoms with Gasteiger partial charge in [-0.25, -0.2) is 4.98 Å². The number of ether oxygens (including phenoxy) is 1. The SMILES string of the molecule is Cc1nc2ccc(C(=O)N3CCC4(CC3)CC(CN(C)C)OC4=O)cc2[nH]1.O=CO. The molecule has 1 spiro atoms. The Hall–Kier alpha value is -2.94. The maximum atomic E-state index is 12.9. The Kier molecular flexibility index (Phi) is 6.40. The van der Waals surface area contributed by atoms with Crippen LogP contribution < -0.4 is 0 Å². The predicted molar refractivity (Wildman–Crippen MR) is 110 cm³/mol. The quantitative estimate of drug-likeness (QED) is 0.578. The molecule has 1 aromatic heterocycles. The molecule has 162 valence electrons. The molecule has 1 atom stereocenters. The number of nitrogens with zero attached hydrogens (tertiary/aromatic N) is 3. The topological polar surface area (TPSA) is 116 Å². The van der Waals surface area contributed by atoms with Gasteiger partial charge in [-0.05, 0) is 52.1 Å². The molecule has 2 N–H and O–H groups in total. The lowest BCUT2D eigenvalue weighted by molar-refractivity contribution is -0.150. The number of hydrogen-bond acceptors (Lipinski definition) is 6. The first-order valence-corrected chi connectivity index (χ1v) is 9.97.